The van der Waals surface area contributed by atoms with E-state index in [0.29, 0.717) is 0 Å². The monoisotopic (exact) mass is 169 g/mol. The lowest BCUT2D eigenvalue weighted by molar-refractivity contribution is -0.696. The second-order valence-electron chi connectivity index (χ2n) is 2.72. The van der Waals surface area contributed by atoms with E-state index >= 15 is 0 Å². The Morgan fingerprint density at radius 3 is 3.00 bits per heavy atom. The van der Waals surface area contributed by atoms with E-state index in [9.17, 15) is 4.79 Å². The molecular weight excluding hydrogens is 156 g/mol. The molecule has 0 spiro atoms. The molecule has 0 aliphatic carbocycles. The van der Waals surface area contributed by atoms with Gasteiger partial charge in [0.1, 0.15) is 12.4 Å². The molecule has 1 heterocycles. The van der Waals surface area contributed by atoms with E-state index in [0.717, 1.165) is 13.0 Å². The Balaban J connectivity index is 2.58. The number of rotatable bonds is 4. The van der Waals surface area contributed by atoms with E-state index in [-0.39, 0.29) is 6.54 Å². The summed E-state index contributed by atoms with van der Waals surface area (Å²) < 4.78 is 3.63. The van der Waals surface area contributed by atoms with Gasteiger partial charge in [-0.15, -0.1) is 0 Å². The average molecular weight is 169 g/mol. The molecule has 1 N–H and O–H groups in total. The number of aryl methyl sites for hydroxylation is 1. The maximum Gasteiger partial charge on any atom is 0.346 e. The van der Waals surface area contributed by atoms with Gasteiger partial charge in [0.2, 0.25) is 6.33 Å². The van der Waals surface area contributed by atoms with Crippen LogP contribution in [0.2, 0.25) is 0 Å². The van der Waals surface area contributed by atoms with Crippen LogP contribution < -0.4 is 4.57 Å². The van der Waals surface area contributed by atoms with Crippen LogP contribution in [0.1, 0.15) is 13.3 Å². The number of imidazole rings is 1. The summed E-state index contributed by atoms with van der Waals surface area (Å²) >= 11 is 0. The van der Waals surface area contributed by atoms with Crippen LogP contribution in [0.3, 0.4) is 0 Å². The Labute approximate surface area is 71.1 Å². The molecule has 1 aromatic heterocycles. The minimum Gasteiger partial charge on any atom is -0.478 e. The first-order chi connectivity index (χ1) is 5.72. The molecule has 0 amide bonds. The third kappa shape index (κ3) is 2.38. The Morgan fingerprint density at radius 1 is 1.67 bits per heavy atom. The third-order valence-corrected chi connectivity index (χ3v) is 1.55. The van der Waals surface area contributed by atoms with Gasteiger partial charge in [0.25, 0.3) is 0 Å². The van der Waals surface area contributed by atoms with Gasteiger partial charge in [-0.25, -0.2) is 13.9 Å². The van der Waals surface area contributed by atoms with Crippen molar-refractivity contribution in [2.75, 3.05) is 0 Å². The molecule has 0 fully saturated rings. The van der Waals surface area contributed by atoms with E-state index in [1.54, 1.807) is 17.1 Å². The minimum absolute atomic E-state index is 0.0384. The summed E-state index contributed by atoms with van der Waals surface area (Å²) in [5.41, 5.74) is 0. The van der Waals surface area contributed by atoms with Crippen molar-refractivity contribution < 1.29 is 14.5 Å². The number of aliphatic carboxylic acids is 1. The number of aromatic nitrogens is 2. The van der Waals surface area contributed by atoms with E-state index in [1.165, 1.54) is 0 Å². The Kier molecular flexibility index (Phi) is 2.85. The number of hydrogen-bond acceptors (Lipinski definition) is 1. The summed E-state index contributed by atoms with van der Waals surface area (Å²) in [5.74, 6) is -0.811. The van der Waals surface area contributed by atoms with E-state index in [1.807, 2.05) is 10.8 Å². The molecule has 4 nitrogen and oxygen atoms in total. The normalized spacial score (nSPS) is 10.1. The Hall–Kier alpha value is -1.32. The van der Waals surface area contributed by atoms with Gasteiger partial charge >= 0.3 is 5.97 Å². The van der Waals surface area contributed by atoms with E-state index in [4.69, 9.17) is 5.11 Å². The highest BCUT2D eigenvalue weighted by Gasteiger charge is 2.05. The predicted octanol–water partition coefficient (Wildman–Crippen LogP) is 0.270. The fourth-order valence-electron chi connectivity index (χ4n) is 1.08. The SMILES string of the molecule is CCC[n+]1ccn(CC(=O)O)c1. The zero-order chi connectivity index (χ0) is 8.97. The van der Waals surface area contributed by atoms with Gasteiger partial charge in [0.05, 0.1) is 6.54 Å². The fourth-order valence-corrected chi connectivity index (χ4v) is 1.08. The van der Waals surface area contributed by atoms with Crippen LogP contribution >= 0.6 is 0 Å². The summed E-state index contributed by atoms with van der Waals surface area (Å²) in [6.07, 6.45) is 6.51. The Morgan fingerprint density at radius 2 is 2.42 bits per heavy atom. The first kappa shape index (κ1) is 8.77. The molecule has 4 heteroatoms. The van der Waals surface area contributed by atoms with Gasteiger partial charge < -0.3 is 5.11 Å². The molecule has 0 radical (unpaired) electrons. The van der Waals surface area contributed by atoms with Crippen molar-refractivity contribution in [2.45, 2.75) is 26.4 Å². The van der Waals surface area contributed by atoms with Gasteiger partial charge in [-0.05, 0) is 6.42 Å². The highest BCUT2D eigenvalue weighted by molar-refractivity contribution is 5.66. The number of nitrogens with zero attached hydrogens (tertiary/aromatic N) is 2. The van der Waals surface area contributed by atoms with Crippen molar-refractivity contribution in [3.63, 3.8) is 0 Å². The largest absolute Gasteiger partial charge is 0.478 e. The van der Waals surface area contributed by atoms with Gasteiger partial charge in [-0.3, -0.25) is 0 Å². The van der Waals surface area contributed by atoms with Crippen molar-refractivity contribution in [1.29, 1.82) is 0 Å². The molecule has 1 aromatic rings. The number of carbonyl (C=O) groups is 1. The first-order valence-electron chi connectivity index (χ1n) is 3.99. The minimum atomic E-state index is -0.811. The fraction of sp³-hybridized carbons (Fsp3) is 0.500. The summed E-state index contributed by atoms with van der Waals surface area (Å²) in [6.45, 7) is 3.06. The molecule has 0 atom stereocenters. The third-order valence-electron chi connectivity index (χ3n) is 1.55. The van der Waals surface area contributed by atoms with Crippen LogP contribution in [0.25, 0.3) is 0 Å². The zero-order valence-electron chi connectivity index (χ0n) is 7.10. The highest BCUT2D eigenvalue weighted by atomic mass is 16.4. The second kappa shape index (κ2) is 3.90. The molecule has 1 rings (SSSR count). The van der Waals surface area contributed by atoms with Gasteiger partial charge in [-0.2, -0.15) is 0 Å². The van der Waals surface area contributed by atoms with Crippen LogP contribution in [-0.4, -0.2) is 15.6 Å². The van der Waals surface area contributed by atoms with Crippen molar-refractivity contribution in [2.24, 2.45) is 0 Å². The van der Waals surface area contributed by atoms with Crippen LogP contribution in [0.15, 0.2) is 18.7 Å². The molecule has 66 valence electrons. The van der Waals surface area contributed by atoms with Gasteiger partial charge in [0.15, 0.2) is 6.54 Å². The van der Waals surface area contributed by atoms with E-state index < -0.39 is 5.97 Å². The maximum absolute atomic E-state index is 10.3. The van der Waals surface area contributed by atoms with Crippen LogP contribution in [0.4, 0.5) is 0 Å². The summed E-state index contributed by atoms with van der Waals surface area (Å²) in [4.78, 5) is 10.3. The standard InChI is InChI=1S/C8H12N2O2/c1-2-3-9-4-5-10(7-9)6-8(11)12/h4-5,7H,2-3,6H2,1H3/p+1. The van der Waals surface area contributed by atoms with Crippen molar-refractivity contribution >= 4 is 5.97 Å². The lowest BCUT2D eigenvalue weighted by Gasteiger charge is -1.89. The van der Waals surface area contributed by atoms with Crippen LogP contribution in [-0.2, 0) is 17.9 Å². The number of hydrogen-bond donors (Lipinski definition) is 1. The topological polar surface area (TPSA) is 46.1 Å². The zero-order valence-corrected chi connectivity index (χ0v) is 7.10. The highest BCUT2D eigenvalue weighted by Crippen LogP contribution is 1.85. The lowest BCUT2D eigenvalue weighted by atomic mass is 10.5. The summed E-state index contributed by atoms with van der Waals surface area (Å²) in [6, 6.07) is 0. The molecule has 0 aliphatic heterocycles. The molecule has 0 bridgehead atoms. The van der Waals surface area contributed by atoms with Crippen molar-refractivity contribution in [3.8, 4) is 0 Å². The molecule has 0 saturated heterocycles. The molecule has 0 unspecified atom stereocenters. The molecule has 0 aliphatic rings. The van der Waals surface area contributed by atoms with Gasteiger partial charge in [0, 0.05) is 0 Å². The number of carboxylic acids is 1. The maximum atomic E-state index is 10.3. The smallest absolute Gasteiger partial charge is 0.346 e. The predicted molar refractivity (Wildman–Crippen MR) is 42.6 cm³/mol. The molecule has 12 heavy (non-hydrogen) atoms. The average Bonchev–Trinajstić information content (AvgIpc) is 2.36. The molecule has 0 aromatic carbocycles. The summed E-state index contributed by atoms with van der Waals surface area (Å²) in [5, 5.41) is 8.48. The van der Waals surface area contributed by atoms with Crippen molar-refractivity contribution in [1.82, 2.24) is 4.57 Å². The molecular formula is C8H13N2O2+. The van der Waals surface area contributed by atoms with E-state index in [2.05, 4.69) is 6.92 Å². The second-order valence-corrected chi connectivity index (χ2v) is 2.72. The van der Waals surface area contributed by atoms with Gasteiger partial charge in [-0.1, -0.05) is 6.92 Å². The van der Waals surface area contributed by atoms with Crippen LogP contribution in [0.5, 0.6) is 0 Å². The molecule has 0 saturated carbocycles. The lowest BCUT2D eigenvalue weighted by Crippen LogP contribution is -2.30. The number of carboxylic acid groups (broad SMARTS) is 1. The first-order valence-corrected chi connectivity index (χ1v) is 3.99. The van der Waals surface area contributed by atoms with Crippen molar-refractivity contribution in [3.05, 3.63) is 18.7 Å². The Bertz CT molecular complexity index is 268. The summed E-state index contributed by atoms with van der Waals surface area (Å²) in [7, 11) is 0. The van der Waals surface area contributed by atoms with Crippen LogP contribution in [0, 0.1) is 0 Å². The quantitative estimate of drug-likeness (QED) is 0.657.